The first-order valence-corrected chi connectivity index (χ1v) is 9.12. The minimum Gasteiger partial charge on any atom is -0.315 e. The molecule has 0 saturated carbocycles. The molecule has 2 heterocycles. The molecule has 3 aromatic rings. The lowest BCUT2D eigenvalue weighted by molar-refractivity contribution is 0.591. The number of para-hydroxylation sites is 1. The van der Waals surface area contributed by atoms with Crippen LogP contribution in [-0.2, 0) is 0 Å². The smallest absolute Gasteiger partial charge is 0.281 e. The highest BCUT2D eigenvalue weighted by Gasteiger charge is 2.25. The molecule has 0 aliphatic carbocycles. The summed E-state index contributed by atoms with van der Waals surface area (Å²) >= 11 is 3.53. The van der Waals surface area contributed by atoms with Crippen LogP contribution in [0.1, 0.15) is 6.04 Å². The van der Waals surface area contributed by atoms with E-state index in [0.717, 1.165) is 22.2 Å². The van der Waals surface area contributed by atoms with Gasteiger partial charge in [0.1, 0.15) is 0 Å². The molecular formula is C17H14N2OS2. The van der Waals surface area contributed by atoms with E-state index in [1.54, 1.807) is 11.8 Å². The second kappa shape index (κ2) is 5.82. The fraction of sp³-hybridized carbons (Fsp3) is 0.176. The van der Waals surface area contributed by atoms with Crippen molar-refractivity contribution in [2.24, 2.45) is 0 Å². The van der Waals surface area contributed by atoms with Crippen molar-refractivity contribution in [2.75, 3.05) is 11.5 Å². The molecule has 0 unspecified atom stereocenters. The van der Waals surface area contributed by atoms with E-state index in [0.29, 0.717) is 11.4 Å². The summed E-state index contributed by atoms with van der Waals surface area (Å²) in [6.07, 6.45) is 0. The molecular weight excluding hydrogens is 312 g/mol. The van der Waals surface area contributed by atoms with Crippen molar-refractivity contribution in [3.05, 3.63) is 65.0 Å². The Balaban J connectivity index is 1.70. The first-order valence-electron chi connectivity index (χ1n) is 7.15. The number of fused-ring (bicyclic) bond motifs is 3. The van der Waals surface area contributed by atoms with E-state index < -0.39 is 0 Å². The Hall–Kier alpha value is -1.72. The lowest BCUT2D eigenvalue weighted by Gasteiger charge is -2.16. The molecule has 0 amide bonds. The molecule has 0 radical (unpaired) electrons. The fourth-order valence-electron chi connectivity index (χ4n) is 2.70. The monoisotopic (exact) mass is 326 g/mol. The molecule has 0 spiro atoms. The lowest BCUT2D eigenvalue weighted by Crippen LogP contribution is -2.17. The second-order valence-corrected chi connectivity index (χ2v) is 7.26. The molecule has 0 saturated heterocycles. The van der Waals surface area contributed by atoms with Gasteiger partial charge >= 0.3 is 0 Å². The van der Waals surface area contributed by atoms with Crippen LogP contribution in [0.15, 0.2) is 69.4 Å². The maximum atomic E-state index is 12.1. The number of aromatic nitrogens is 2. The molecule has 4 rings (SSSR count). The van der Waals surface area contributed by atoms with E-state index in [9.17, 15) is 4.79 Å². The Labute approximate surface area is 136 Å². The summed E-state index contributed by atoms with van der Waals surface area (Å²) in [4.78, 5) is 17.6. The second-order valence-electron chi connectivity index (χ2n) is 5.18. The predicted octanol–water partition coefficient (Wildman–Crippen LogP) is 3.84. The highest BCUT2D eigenvalue weighted by molar-refractivity contribution is 8.00. The number of rotatable bonds is 3. The normalized spacial score (nSPS) is 16.8. The van der Waals surface area contributed by atoms with Crippen LogP contribution < -0.4 is 5.56 Å². The van der Waals surface area contributed by atoms with Crippen molar-refractivity contribution in [2.45, 2.75) is 16.1 Å². The third-order valence-corrected chi connectivity index (χ3v) is 6.01. The molecule has 110 valence electrons. The van der Waals surface area contributed by atoms with Crippen LogP contribution >= 0.6 is 23.5 Å². The van der Waals surface area contributed by atoms with Gasteiger partial charge in [0, 0.05) is 16.4 Å². The molecule has 5 heteroatoms. The summed E-state index contributed by atoms with van der Waals surface area (Å²) in [6, 6.07) is 18.6. The maximum absolute atomic E-state index is 12.1. The molecule has 0 bridgehead atoms. The van der Waals surface area contributed by atoms with Gasteiger partial charge in [-0.15, -0.1) is 11.8 Å². The first kappa shape index (κ1) is 13.9. The number of hydrogen-bond donors (Lipinski definition) is 0. The molecule has 0 fully saturated rings. The van der Waals surface area contributed by atoms with Gasteiger partial charge in [-0.2, -0.15) is 4.98 Å². The van der Waals surface area contributed by atoms with Crippen molar-refractivity contribution in [3.8, 4) is 0 Å². The summed E-state index contributed by atoms with van der Waals surface area (Å²) in [5.41, 5.74) is 0.881. The topological polar surface area (TPSA) is 34.9 Å². The zero-order valence-corrected chi connectivity index (χ0v) is 13.4. The lowest BCUT2D eigenvalue weighted by atomic mass is 10.2. The number of benzene rings is 2. The fourth-order valence-corrected chi connectivity index (χ4v) is 4.99. The minimum absolute atomic E-state index is 0.120. The Morgan fingerprint density at radius 3 is 2.77 bits per heavy atom. The van der Waals surface area contributed by atoms with Gasteiger partial charge in [0.2, 0.25) is 0 Å². The molecule has 1 aromatic heterocycles. The summed E-state index contributed by atoms with van der Waals surface area (Å²) in [5, 5.41) is 1.56. The van der Waals surface area contributed by atoms with Crippen molar-refractivity contribution in [1.82, 2.24) is 9.55 Å². The summed E-state index contributed by atoms with van der Waals surface area (Å²) in [7, 11) is 0. The van der Waals surface area contributed by atoms with Crippen LogP contribution in [0.4, 0.5) is 0 Å². The average molecular weight is 326 g/mol. The van der Waals surface area contributed by atoms with E-state index in [2.05, 4.69) is 33.8 Å². The van der Waals surface area contributed by atoms with Crippen molar-refractivity contribution < 1.29 is 0 Å². The minimum atomic E-state index is -0.120. The van der Waals surface area contributed by atoms with E-state index in [1.807, 2.05) is 42.1 Å². The SMILES string of the molecule is O=c1nc2n(c3ccccc13)[C@@H](CSc1ccccc1)CS2. The van der Waals surface area contributed by atoms with Gasteiger partial charge in [0.05, 0.1) is 16.9 Å². The van der Waals surface area contributed by atoms with Crippen molar-refractivity contribution in [3.63, 3.8) is 0 Å². The summed E-state index contributed by atoms with van der Waals surface area (Å²) in [5.74, 6) is 1.96. The third kappa shape index (κ3) is 2.44. The van der Waals surface area contributed by atoms with Crippen LogP contribution in [0.25, 0.3) is 10.9 Å². The molecule has 0 N–H and O–H groups in total. The van der Waals surface area contributed by atoms with Gasteiger partial charge in [0.25, 0.3) is 5.56 Å². The highest BCUT2D eigenvalue weighted by atomic mass is 32.2. The largest absolute Gasteiger partial charge is 0.315 e. The van der Waals surface area contributed by atoms with E-state index >= 15 is 0 Å². The molecule has 1 aliphatic rings. The van der Waals surface area contributed by atoms with Crippen LogP contribution in [0.2, 0.25) is 0 Å². The van der Waals surface area contributed by atoms with Gasteiger partial charge in [0.15, 0.2) is 5.16 Å². The zero-order chi connectivity index (χ0) is 14.9. The molecule has 1 atom stereocenters. The quantitative estimate of drug-likeness (QED) is 0.541. The number of nitrogens with zero attached hydrogens (tertiary/aromatic N) is 2. The van der Waals surface area contributed by atoms with Crippen LogP contribution in [0.3, 0.4) is 0 Å². The Kier molecular flexibility index (Phi) is 3.68. The predicted molar refractivity (Wildman–Crippen MR) is 92.9 cm³/mol. The molecule has 1 aliphatic heterocycles. The molecule has 2 aromatic carbocycles. The number of hydrogen-bond acceptors (Lipinski definition) is 4. The first-order chi connectivity index (χ1) is 10.8. The van der Waals surface area contributed by atoms with E-state index in [4.69, 9.17) is 0 Å². The van der Waals surface area contributed by atoms with Gasteiger partial charge < -0.3 is 4.57 Å². The van der Waals surface area contributed by atoms with Crippen LogP contribution in [0, 0.1) is 0 Å². The van der Waals surface area contributed by atoms with Crippen LogP contribution in [-0.4, -0.2) is 21.1 Å². The average Bonchev–Trinajstić information content (AvgIpc) is 2.97. The Morgan fingerprint density at radius 1 is 1.14 bits per heavy atom. The summed E-state index contributed by atoms with van der Waals surface area (Å²) < 4.78 is 2.23. The standard InChI is InChI=1S/C17H14N2OS2/c20-16-14-8-4-5-9-15(14)19-12(11-22-17(19)18-16)10-21-13-6-2-1-3-7-13/h1-9,12H,10-11H2/t12-/m0/s1. The van der Waals surface area contributed by atoms with Crippen LogP contribution in [0.5, 0.6) is 0 Å². The highest BCUT2D eigenvalue weighted by Crippen LogP contribution is 2.36. The van der Waals surface area contributed by atoms with Crippen molar-refractivity contribution in [1.29, 1.82) is 0 Å². The Morgan fingerprint density at radius 2 is 1.91 bits per heavy atom. The summed E-state index contributed by atoms with van der Waals surface area (Å²) in [6.45, 7) is 0. The van der Waals surface area contributed by atoms with Gasteiger partial charge in [-0.05, 0) is 24.3 Å². The van der Waals surface area contributed by atoms with E-state index in [-0.39, 0.29) is 5.56 Å². The zero-order valence-electron chi connectivity index (χ0n) is 11.8. The maximum Gasteiger partial charge on any atom is 0.281 e. The van der Waals surface area contributed by atoms with Gasteiger partial charge in [-0.25, -0.2) is 0 Å². The van der Waals surface area contributed by atoms with Gasteiger partial charge in [-0.1, -0.05) is 42.1 Å². The third-order valence-electron chi connectivity index (χ3n) is 3.75. The molecule has 22 heavy (non-hydrogen) atoms. The van der Waals surface area contributed by atoms with Crippen molar-refractivity contribution >= 4 is 34.4 Å². The Bertz CT molecular complexity index is 877. The van der Waals surface area contributed by atoms with E-state index in [1.165, 1.54) is 4.90 Å². The van der Waals surface area contributed by atoms with Gasteiger partial charge in [-0.3, -0.25) is 4.79 Å². The number of thioether (sulfide) groups is 2. The molecule has 3 nitrogen and oxygen atoms in total.